The van der Waals surface area contributed by atoms with Gasteiger partial charge < -0.3 is 14.3 Å². The lowest BCUT2D eigenvalue weighted by atomic mass is 9.86. The van der Waals surface area contributed by atoms with Gasteiger partial charge in [-0.1, -0.05) is 64.1 Å². The Bertz CT molecular complexity index is 823. The van der Waals surface area contributed by atoms with Gasteiger partial charge in [-0.05, 0) is 59.4 Å². The van der Waals surface area contributed by atoms with Crippen LogP contribution in [0.25, 0.3) is 0 Å². The van der Waals surface area contributed by atoms with Crippen LogP contribution in [0, 0.1) is 10.8 Å². The maximum atomic E-state index is 12.1. The van der Waals surface area contributed by atoms with E-state index < -0.39 is 0 Å². The minimum absolute atomic E-state index is 0.0507. The van der Waals surface area contributed by atoms with E-state index in [-0.39, 0.29) is 16.8 Å². The number of carbonyl (C=O) groups excluding carboxylic acids is 2. The van der Waals surface area contributed by atoms with Gasteiger partial charge in [0.2, 0.25) is 0 Å². The Balaban J connectivity index is 0.000000642. The molecule has 0 amide bonds. The van der Waals surface area contributed by atoms with Crippen LogP contribution < -0.4 is 9.47 Å². The van der Waals surface area contributed by atoms with E-state index in [0.717, 1.165) is 47.9 Å². The van der Waals surface area contributed by atoms with E-state index in [2.05, 4.69) is 27.7 Å². The second kappa shape index (κ2) is 17.5. The fraction of sp³-hybridized carbons (Fsp3) is 0.517. The van der Waals surface area contributed by atoms with Gasteiger partial charge in [0.25, 0.3) is 0 Å². The molecule has 0 aromatic heterocycles. The monoisotopic (exact) mass is 518 g/mol. The first-order valence-corrected chi connectivity index (χ1v) is 14.4. The Morgan fingerprint density at radius 2 is 1.26 bits per heavy atom. The van der Waals surface area contributed by atoms with Gasteiger partial charge in [-0.2, -0.15) is 23.5 Å². The number of hydrogen-bond acceptors (Lipinski definition) is 6. The lowest BCUT2D eigenvalue weighted by Gasteiger charge is -2.23. The van der Waals surface area contributed by atoms with E-state index in [0.29, 0.717) is 18.6 Å². The molecule has 194 valence electrons. The molecule has 0 unspecified atom stereocenters. The molecule has 0 aliphatic rings. The molecule has 35 heavy (non-hydrogen) atoms. The molecule has 0 heterocycles. The van der Waals surface area contributed by atoms with E-state index in [1.165, 1.54) is 0 Å². The highest BCUT2D eigenvalue weighted by molar-refractivity contribution is 8.02. The molecular weight excluding hydrogens is 476 g/mol. The first-order chi connectivity index (χ1) is 16.7. The topological polar surface area (TPSA) is 52.6 Å². The number of para-hydroxylation sites is 2. The summed E-state index contributed by atoms with van der Waals surface area (Å²) in [4.78, 5) is 22.7. The Morgan fingerprint density at radius 3 is 1.71 bits per heavy atom. The van der Waals surface area contributed by atoms with Crippen molar-refractivity contribution in [1.29, 1.82) is 0 Å². The van der Waals surface area contributed by atoms with Gasteiger partial charge >= 0.3 is 5.97 Å². The first kappa shape index (κ1) is 31.1. The number of ether oxygens (including phenoxy) is 2. The van der Waals surface area contributed by atoms with Gasteiger partial charge in [-0.3, -0.25) is 4.79 Å². The molecule has 2 aromatic carbocycles. The third kappa shape index (κ3) is 16.4. The summed E-state index contributed by atoms with van der Waals surface area (Å²) in [5, 5.41) is 0. The number of rotatable bonds is 15. The summed E-state index contributed by atoms with van der Waals surface area (Å²) < 4.78 is 10.3. The van der Waals surface area contributed by atoms with Gasteiger partial charge in [0.1, 0.15) is 17.8 Å². The normalized spacial score (nSPS) is 11.2. The molecule has 4 nitrogen and oxygen atoms in total. The smallest absolute Gasteiger partial charge is 0.311 e. The molecule has 0 atom stereocenters. The van der Waals surface area contributed by atoms with Crippen LogP contribution in [0.3, 0.4) is 0 Å². The summed E-state index contributed by atoms with van der Waals surface area (Å²) in [6.45, 7) is 8.57. The zero-order valence-corrected chi connectivity index (χ0v) is 23.6. The van der Waals surface area contributed by atoms with Crippen molar-refractivity contribution >= 4 is 35.8 Å². The van der Waals surface area contributed by atoms with Gasteiger partial charge in [-0.15, -0.1) is 0 Å². The fourth-order valence-electron chi connectivity index (χ4n) is 3.04. The molecule has 0 spiro atoms. The number of benzene rings is 2. The Labute approximate surface area is 220 Å². The predicted molar refractivity (Wildman–Crippen MR) is 152 cm³/mol. The highest BCUT2D eigenvalue weighted by atomic mass is 32.2. The van der Waals surface area contributed by atoms with Crippen LogP contribution in [0.1, 0.15) is 53.4 Å². The Kier molecular flexibility index (Phi) is 15.6. The largest absolute Gasteiger partial charge is 0.497 e. The second-order valence-corrected chi connectivity index (χ2v) is 12.4. The lowest BCUT2D eigenvalue weighted by Crippen LogP contribution is -2.21. The zero-order chi connectivity index (χ0) is 26.0. The number of esters is 1. The summed E-state index contributed by atoms with van der Waals surface area (Å²) in [7, 11) is 1.66. The minimum atomic E-state index is -0.162. The van der Waals surface area contributed by atoms with Crippen LogP contribution in [0.15, 0.2) is 60.7 Å². The molecule has 0 bridgehead atoms. The van der Waals surface area contributed by atoms with Gasteiger partial charge in [0.05, 0.1) is 13.5 Å². The SMILES string of the molecule is CC(C)(CC=O)CCSCCSCCC(C)(C)CC(=O)Oc1ccccc1.COc1ccccc1. The van der Waals surface area contributed by atoms with Gasteiger partial charge in [-0.25, -0.2) is 0 Å². The van der Waals surface area contributed by atoms with Gasteiger partial charge in [0.15, 0.2) is 0 Å². The zero-order valence-electron chi connectivity index (χ0n) is 22.0. The Hall–Kier alpha value is -1.92. The molecule has 0 fully saturated rings. The highest BCUT2D eigenvalue weighted by Gasteiger charge is 2.23. The van der Waals surface area contributed by atoms with Crippen LogP contribution in [0.4, 0.5) is 0 Å². The number of methoxy groups -OCH3 is 1. The molecule has 2 rings (SSSR count). The predicted octanol–water partition coefficient (Wildman–Crippen LogP) is 7.57. The maximum absolute atomic E-state index is 12.1. The van der Waals surface area contributed by atoms with Gasteiger partial charge in [0, 0.05) is 17.9 Å². The molecule has 0 saturated carbocycles. The van der Waals surface area contributed by atoms with E-state index >= 15 is 0 Å². The van der Waals surface area contributed by atoms with Crippen LogP contribution in [0.5, 0.6) is 11.5 Å². The average Bonchev–Trinajstić information content (AvgIpc) is 2.82. The molecule has 2 aromatic rings. The number of aldehydes is 1. The minimum Gasteiger partial charge on any atom is -0.497 e. The van der Waals surface area contributed by atoms with Crippen molar-refractivity contribution in [1.82, 2.24) is 0 Å². The highest BCUT2D eigenvalue weighted by Crippen LogP contribution is 2.29. The first-order valence-electron chi connectivity index (χ1n) is 12.1. The summed E-state index contributed by atoms with van der Waals surface area (Å²) in [5.41, 5.74) is 0.0745. The van der Waals surface area contributed by atoms with Crippen molar-refractivity contribution in [3.8, 4) is 11.5 Å². The molecule has 0 N–H and O–H groups in total. The van der Waals surface area contributed by atoms with Crippen molar-refractivity contribution in [2.24, 2.45) is 10.8 Å². The molecule has 6 heteroatoms. The lowest BCUT2D eigenvalue weighted by molar-refractivity contribution is -0.136. The third-order valence-corrected chi connectivity index (χ3v) is 7.66. The molecule has 0 saturated heterocycles. The summed E-state index contributed by atoms with van der Waals surface area (Å²) in [6, 6.07) is 18.9. The number of hydrogen-bond donors (Lipinski definition) is 0. The van der Waals surface area contributed by atoms with Crippen LogP contribution in [0.2, 0.25) is 0 Å². The summed E-state index contributed by atoms with van der Waals surface area (Å²) in [6.07, 6.45) is 4.18. The number of carbonyl (C=O) groups is 2. The Morgan fingerprint density at radius 1 is 0.771 bits per heavy atom. The van der Waals surface area contributed by atoms with Crippen molar-refractivity contribution in [3.63, 3.8) is 0 Å². The van der Waals surface area contributed by atoms with E-state index in [9.17, 15) is 9.59 Å². The van der Waals surface area contributed by atoms with Crippen molar-refractivity contribution in [3.05, 3.63) is 60.7 Å². The molecule has 0 aliphatic carbocycles. The van der Waals surface area contributed by atoms with Crippen LogP contribution in [-0.2, 0) is 9.59 Å². The standard InChI is InChI=1S/C22H34O3S2.C7H8O/c1-21(2,10-13-23)11-14-26-16-17-27-15-12-22(3,4)18-20(24)25-19-8-6-5-7-9-19;1-8-7-5-3-2-4-6-7/h5-9,13H,10-12,14-18H2,1-4H3;2-6H,1H3. The molecule has 0 aliphatic heterocycles. The van der Waals surface area contributed by atoms with Crippen molar-refractivity contribution < 1.29 is 19.1 Å². The average molecular weight is 519 g/mol. The third-order valence-electron chi connectivity index (χ3n) is 5.43. The quantitative estimate of drug-likeness (QED) is 0.105. The van der Waals surface area contributed by atoms with Crippen LogP contribution in [-0.4, -0.2) is 42.4 Å². The van der Waals surface area contributed by atoms with Crippen molar-refractivity contribution in [2.45, 2.75) is 53.4 Å². The second-order valence-electron chi connectivity index (χ2n) is 9.91. The molecule has 0 radical (unpaired) electrons. The summed E-state index contributed by atoms with van der Waals surface area (Å²) >= 11 is 3.92. The fourth-order valence-corrected chi connectivity index (χ4v) is 5.78. The maximum Gasteiger partial charge on any atom is 0.311 e. The van der Waals surface area contributed by atoms with Crippen molar-refractivity contribution in [2.75, 3.05) is 30.1 Å². The van der Waals surface area contributed by atoms with E-state index in [1.54, 1.807) is 19.2 Å². The van der Waals surface area contributed by atoms with E-state index in [1.807, 2.05) is 72.1 Å². The number of thioether (sulfide) groups is 2. The van der Waals surface area contributed by atoms with Crippen LogP contribution >= 0.6 is 23.5 Å². The molecular formula is C29H42O4S2. The summed E-state index contributed by atoms with van der Waals surface area (Å²) in [5.74, 6) is 5.79. The van der Waals surface area contributed by atoms with E-state index in [4.69, 9.17) is 9.47 Å².